The first-order chi connectivity index (χ1) is 20.8. The number of ether oxygens (including phenoxy) is 1. The highest BCUT2D eigenvalue weighted by Gasteiger charge is 2.44. The quantitative estimate of drug-likeness (QED) is 0.0753. The largest absolute Gasteiger partial charge is 0.480 e. The molecular formula is C25H44N10O8S. The fourth-order valence-corrected chi connectivity index (χ4v) is 5.22. The van der Waals surface area contributed by atoms with Crippen LogP contribution in [0.15, 0.2) is 6.33 Å². The van der Waals surface area contributed by atoms with Crippen LogP contribution in [0.2, 0.25) is 0 Å². The summed E-state index contributed by atoms with van der Waals surface area (Å²) in [5.74, 6) is -0.974. The molecule has 1 aliphatic rings. The number of aliphatic hydroxyl groups excluding tert-OH is 2. The van der Waals surface area contributed by atoms with Crippen LogP contribution in [0.5, 0.6) is 0 Å². The number of anilines is 2. The third kappa shape index (κ3) is 10.2. The SMILES string of the molecule is CCN(CC[C@H](N)C(=O)O)C[C@H]1OC(n2cnc3c(N)nc(NCCNC(=O)CCCCCNS(C)(=O)=O)nc32)[C@H](O)[C@@H]1O. The van der Waals surface area contributed by atoms with Crippen molar-refractivity contribution in [2.45, 2.75) is 69.6 Å². The summed E-state index contributed by atoms with van der Waals surface area (Å²) in [4.78, 5) is 37.9. The molecule has 19 heteroatoms. The molecule has 18 nitrogen and oxygen atoms in total. The van der Waals surface area contributed by atoms with Gasteiger partial charge in [0, 0.05) is 39.1 Å². The van der Waals surface area contributed by atoms with Crippen LogP contribution in [0.3, 0.4) is 0 Å². The predicted molar refractivity (Wildman–Crippen MR) is 161 cm³/mol. The third-order valence-electron chi connectivity index (χ3n) is 7.19. The normalized spacial score (nSPS) is 21.1. The highest BCUT2D eigenvalue weighted by molar-refractivity contribution is 7.88. The van der Waals surface area contributed by atoms with E-state index in [1.165, 1.54) is 10.9 Å². The van der Waals surface area contributed by atoms with Crippen LogP contribution >= 0.6 is 0 Å². The molecule has 44 heavy (non-hydrogen) atoms. The first-order valence-corrected chi connectivity index (χ1v) is 16.4. The Morgan fingerprint density at radius 2 is 1.91 bits per heavy atom. The average molecular weight is 645 g/mol. The van der Waals surface area contributed by atoms with Crippen molar-refractivity contribution >= 4 is 44.8 Å². The molecule has 0 saturated carbocycles. The first-order valence-electron chi connectivity index (χ1n) is 14.5. The zero-order chi connectivity index (χ0) is 32.4. The number of nitrogens with one attached hydrogen (secondary N) is 3. The average Bonchev–Trinajstić information content (AvgIpc) is 3.50. The number of aliphatic hydroxyl groups is 2. The first kappa shape index (κ1) is 35.3. The number of aromatic nitrogens is 4. The number of fused-ring (bicyclic) bond motifs is 1. The van der Waals surface area contributed by atoms with Crippen molar-refractivity contribution in [3.63, 3.8) is 0 Å². The number of hydrogen-bond acceptors (Lipinski definition) is 14. The van der Waals surface area contributed by atoms with E-state index in [2.05, 4.69) is 30.3 Å². The summed E-state index contributed by atoms with van der Waals surface area (Å²) in [7, 11) is -3.21. The Morgan fingerprint density at radius 1 is 1.16 bits per heavy atom. The van der Waals surface area contributed by atoms with Crippen LogP contribution in [0.4, 0.5) is 11.8 Å². The summed E-state index contributed by atoms with van der Waals surface area (Å²) in [5, 5.41) is 36.4. The summed E-state index contributed by atoms with van der Waals surface area (Å²) in [6.07, 6.45) is 0.664. The van der Waals surface area contributed by atoms with E-state index in [0.717, 1.165) is 6.26 Å². The number of carboxylic acids is 1. The Hall–Kier alpha value is -3.20. The Balaban J connectivity index is 1.53. The summed E-state index contributed by atoms with van der Waals surface area (Å²) >= 11 is 0. The number of sulfonamides is 1. The van der Waals surface area contributed by atoms with Crippen molar-refractivity contribution in [1.82, 2.24) is 34.5 Å². The van der Waals surface area contributed by atoms with Crippen LogP contribution in [0, 0.1) is 0 Å². The second-order valence-electron chi connectivity index (χ2n) is 10.7. The standard InChI is InChI=1S/C25H44N10O8S/c1-3-34(12-8-15(26)24(39)40)13-16-19(37)20(38)23(43-16)35-14-30-18-21(27)32-25(33-22(18)35)29-11-10-28-17(36)7-5-4-6-9-31-44(2,41)42/h14-16,19-20,23,31,37-38H,3-13,26H2,1-2H3,(H,28,36)(H,39,40)(H3,27,29,32,33)/t15-,16+,19+,20+,23?/m0/s1. The molecule has 1 aliphatic heterocycles. The maximum atomic E-state index is 12.1. The minimum atomic E-state index is -3.21. The Morgan fingerprint density at radius 3 is 2.59 bits per heavy atom. The predicted octanol–water partition coefficient (Wildman–Crippen LogP) is -2.21. The van der Waals surface area contributed by atoms with Crippen LogP contribution < -0.4 is 26.8 Å². The van der Waals surface area contributed by atoms with E-state index in [4.69, 9.17) is 21.3 Å². The Kier molecular flexibility index (Phi) is 13.0. The van der Waals surface area contributed by atoms with Gasteiger partial charge in [0.25, 0.3) is 0 Å². The topological polar surface area (TPSA) is 273 Å². The highest BCUT2D eigenvalue weighted by Crippen LogP contribution is 2.33. The van der Waals surface area contributed by atoms with E-state index < -0.39 is 46.6 Å². The lowest BCUT2D eigenvalue weighted by atomic mass is 10.1. The van der Waals surface area contributed by atoms with E-state index in [9.17, 15) is 28.2 Å². The number of rotatable bonds is 19. The molecule has 0 radical (unpaired) electrons. The number of carboxylic acid groups (broad SMARTS) is 1. The Bertz CT molecular complexity index is 1360. The number of aliphatic carboxylic acids is 1. The van der Waals surface area contributed by atoms with Crippen molar-refractivity contribution in [2.24, 2.45) is 5.73 Å². The van der Waals surface area contributed by atoms with Crippen LogP contribution in [0.1, 0.15) is 45.3 Å². The molecule has 2 aromatic heterocycles. The summed E-state index contributed by atoms with van der Waals surface area (Å²) in [5.41, 5.74) is 12.3. The number of carbonyl (C=O) groups excluding carboxylic acids is 1. The number of carbonyl (C=O) groups is 2. The number of nitrogens with zero attached hydrogens (tertiary/aromatic N) is 5. The van der Waals surface area contributed by atoms with E-state index in [1.807, 2.05) is 11.8 Å². The second kappa shape index (κ2) is 16.2. The number of amides is 1. The molecule has 0 spiro atoms. The van der Waals surface area contributed by atoms with E-state index in [0.29, 0.717) is 58.4 Å². The van der Waals surface area contributed by atoms with E-state index in [-0.39, 0.29) is 41.8 Å². The molecule has 2 aromatic rings. The highest BCUT2D eigenvalue weighted by atomic mass is 32.2. The van der Waals surface area contributed by atoms with Crippen LogP contribution in [-0.4, -0.2) is 130 Å². The molecule has 3 heterocycles. The van der Waals surface area contributed by atoms with Crippen molar-refractivity contribution in [3.8, 4) is 0 Å². The van der Waals surface area contributed by atoms with E-state index in [1.54, 1.807) is 0 Å². The van der Waals surface area contributed by atoms with Crippen molar-refractivity contribution in [3.05, 3.63) is 6.33 Å². The lowest BCUT2D eigenvalue weighted by Gasteiger charge is -2.26. The van der Waals surface area contributed by atoms with Gasteiger partial charge in [-0.2, -0.15) is 9.97 Å². The molecule has 248 valence electrons. The molecule has 0 aromatic carbocycles. The molecule has 1 amide bonds. The van der Waals surface area contributed by atoms with Crippen molar-refractivity contribution in [1.29, 1.82) is 0 Å². The number of unbranched alkanes of at least 4 members (excludes halogenated alkanes) is 2. The molecule has 1 unspecified atom stereocenters. The van der Waals surface area contributed by atoms with Crippen molar-refractivity contribution in [2.75, 3.05) is 56.6 Å². The lowest BCUT2D eigenvalue weighted by molar-refractivity contribution is -0.138. The van der Waals surface area contributed by atoms with Gasteiger partial charge in [0.05, 0.1) is 12.6 Å². The number of nitrogen functional groups attached to an aromatic ring is 1. The molecule has 10 N–H and O–H groups in total. The molecule has 0 bridgehead atoms. The summed E-state index contributed by atoms with van der Waals surface area (Å²) < 4.78 is 32.0. The fourth-order valence-electron chi connectivity index (χ4n) is 4.70. The number of hydrogen-bond donors (Lipinski definition) is 8. The molecule has 1 fully saturated rings. The van der Waals surface area contributed by atoms with E-state index >= 15 is 0 Å². The van der Waals surface area contributed by atoms with Gasteiger partial charge in [0.15, 0.2) is 17.7 Å². The summed E-state index contributed by atoms with van der Waals surface area (Å²) in [6, 6.07) is -1.01. The van der Waals surface area contributed by atoms with Crippen molar-refractivity contribution < 1.29 is 38.1 Å². The van der Waals surface area contributed by atoms with Gasteiger partial charge in [-0.1, -0.05) is 13.3 Å². The molecule has 0 aliphatic carbocycles. The monoisotopic (exact) mass is 644 g/mol. The zero-order valence-electron chi connectivity index (χ0n) is 24.9. The van der Waals surface area contributed by atoms with Gasteiger partial charge in [-0.3, -0.25) is 14.2 Å². The van der Waals surface area contributed by atoms with Gasteiger partial charge in [-0.05, 0) is 25.8 Å². The smallest absolute Gasteiger partial charge is 0.320 e. The summed E-state index contributed by atoms with van der Waals surface area (Å²) in [6.45, 7) is 3.97. The fraction of sp³-hybridized carbons (Fsp3) is 0.720. The minimum absolute atomic E-state index is 0.0853. The van der Waals surface area contributed by atoms with Gasteiger partial charge >= 0.3 is 5.97 Å². The second-order valence-corrected chi connectivity index (χ2v) is 12.5. The zero-order valence-corrected chi connectivity index (χ0v) is 25.7. The number of nitrogens with two attached hydrogens (primary N) is 2. The molecule has 1 saturated heterocycles. The van der Waals surface area contributed by atoms with Crippen LogP contribution in [0.25, 0.3) is 11.2 Å². The van der Waals surface area contributed by atoms with Gasteiger partial charge in [-0.15, -0.1) is 0 Å². The lowest BCUT2D eigenvalue weighted by Crippen LogP contribution is -2.42. The van der Waals surface area contributed by atoms with Crippen LogP contribution in [-0.2, 0) is 24.3 Å². The maximum Gasteiger partial charge on any atom is 0.320 e. The maximum absolute atomic E-state index is 12.1. The van der Waals surface area contributed by atoms with Gasteiger partial charge in [0.2, 0.25) is 21.9 Å². The van der Waals surface area contributed by atoms with Gasteiger partial charge in [-0.25, -0.2) is 18.1 Å². The number of likely N-dealkylation sites (N-methyl/N-ethyl adjacent to an activating group) is 1. The third-order valence-corrected chi connectivity index (χ3v) is 7.92. The molecular weight excluding hydrogens is 600 g/mol. The number of imidazole rings is 1. The van der Waals surface area contributed by atoms with Gasteiger partial charge in [0.1, 0.15) is 29.9 Å². The molecule has 3 rings (SSSR count). The minimum Gasteiger partial charge on any atom is -0.480 e. The Labute approximate surface area is 255 Å². The molecule has 5 atom stereocenters. The van der Waals surface area contributed by atoms with Gasteiger partial charge < -0.3 is 47.1 Å².